The van der Waals surface area contributed by atoms with Gasteiger partial charge in [-0.05, 0) is 133 Å². The van der Waals surface area contributed by atoms with Gasteiger partial charge in [-0.2, -0.15) is 0 Å². The molecule has 1 aromatic carbocycles. The molecular formula is C40H58FN3O8. The molecule has 2 saturated carbocycles. The molecule has 3 atom stereocenters. The van der Waals surface area contributed by atoms with Crippen LogP contribution in [0.2, 0.25) is 0 Å². The summed E-state index contributed by atoms with van der Waals surface area (Å²) in [4.78, 5) is 55.2. The van der Waals surface area contributed by atoms with Gasteiger partial charge in [-0.1, -0.05) is 13.8 Å². The number of amides is 3. The van der Waals surface area contributed by atoms with E-state index in [1.807, 2.05) is 0 Å². The average molecular weight is 728 g/mol. The highest BCUT2D eigenvalue weighted by atomic mass is 19.1. The molecule has 0 spiro atoms. The minimum absolute atomic E-state index is 0.0110. The van der Waals surface area contributed by atoms with Crippen LogP contribution in [0.3, 0.4) is 0 Å². The van der Waals surface area contributed by atoms with Crippen LogP contribution >= 0.6 is 0 Å². The molecule has 3 aliphatic rings. The number of anilines is 1. The summed E-state index contributed by atoms with van der Waals surface area (Å²) in [6.07, 6.45) is 7.10. The van der Waals surface area contributed by atoms with Crippen LogP contribution in [0.4, 0.5) is 14.9 Å². The van der Waals surface area contributed by atoms with Crippen molar-refractivity contribution in [3.63, 3.8) is 0 Å². The topological polar surface area (TPSA) is 136 Å². The first-order chi connectivity index (χ1) is 24.8. The summed E-state index contributed by atoms with van der Waals surface area (Å²) in [6, 6.07) is 5.55. The molecule has 1 aliphatic heterocycles. The number of nitrogens with one attached hydrogen (secondary N) is 2. The standard InChI is InChI=1S/C40H58FN3O8/c1-24(2)18-20-50-38(47)34-22-28-21-29(13-16-33(28)51-34)42-36(45)35-31(25-11-14-30(49-6)15-12-25)17-19-44(35)37(46)27-9-7-26(8-10-27)32(23-41)43-39(48)52-40(3,4)5/h13,16,21-22,24-27,30-32,35H,7-12,14-15,17-20,23H2,1-6H3,(H,42,45)(H,43,48)/t25-,26-,27-,30-,31-,32+,35-/m0/s1. The van der Waals surface area contributed by atoms with Crippen molar-refractivity contribution in [2.75, 3.05) is 32.3 Å². The number of hydrogen-bond acceptors (Lipinski definition) is 8. The van der Waals surface area contributed by atoms with Crippen LogP contribution in [0.5, 0.6) is 0 Å². The number of fused-ring (bicyclic) bond motifs is 1. The highest BCUT2D eigenvalue weighted by Gasteiger charge is 2.47. The number of ether oxygens (including phenoxy) is 3. The Morgan fingerprint density at radius 2 is 1.69 bits per heavy atom. The maximum Gasteiger partial charge on any atom is 0.407 e. The van der Waals surface area contributed by atoms with Crippen LogP contribution in [0, 0.1) is 29.6 Å². The number of nitrogens with zero attached hydrogens (tertiary/aromatic N) is 1. The van der Waals surface area contributed by atoms with Gasteiger partial charge < -0.3 is 34.2 Å². The van der Waals surface area contributed by atoms with Crippen molar-refractivity contribution in [2.45, 2.75) is 123 Å². The molecule has 2 N–H and O–H groups in total. The van der Waals surface area contributed by atoms with E-state index >= 15 is 0 Å². The molecule has 1 saturated heterocycles. The second kappa shape index (κ2) is 17.4. The molecule has 0 bridgehead atoms. The zero-order chi connectivity index (χ0) is 37.6. The highest BCUT2D eigenvalue weighted by molar-refractivity contribution is 6.00. The van der Waals surface area contributed by atoms with Crippen LogP contribution in [-0.2, 0) is 23.8 Å². The number of alkyl carbamates (subject to hydrolysis) is 1. The number of halogens is 1. The van der Waals surface area contributed by atoms with E-state index < -0.39 is 36.4 Å². The zero-order valence-corrected chi connectivity index (χ0v) is 31.7. The monoisotopic (exact) mass is 727 g/mol. The lowest BCUT2D eigenvalue weighted by molar-refractivity contribution is -0.142. The Bertz CT molecular complexity index is 1540. The molecule has 11 nitrogen and oxygen atoms in total. The molecule has 2 aromatic rings. The van der Waals surface area contributed by atoms with Crippen LogP contribution in [-0.4, -0.2) is 79.5 Å². The largest absolute Gasteiger partial charge is 0.460 e. The number of esters is 1. The molecule has 52 heavy (non-hydrogen) atoms. The first kappa shape index (κ1) is 39.5. The van der Waals surface area contributed by atoms with Gasteiger partial charge in [0.1, 0.15) is 23.9 Å². The van der Waals surface area contributed by atoms with Crippen molar-refractivity contribution >= 4 is 40.5 Å². The van der Waals surface area contributed by atoms with Crippen LogP contribution in [0.15, 0.2) is 28.7 Å². The van der Waals surface area contributed by atoms with Gasteiger partial charge >= 0.3 is 12.1 Å². The minimum atomic E-state index is -0.710. The summed E-state index contributed by atoms with van der Waals surface area (Å²) in [5.74, 6) is -0.358. The first-order valence-corrected chi connectivity index (χ1v) is 19.2. The Morgan fingerprint density at radius 1 is 0.981 bits per heavy atom. The predicted octanol–water partition coefficient (Wildman–Crippen LogP) is 7.67. The predicted molar refractivity (Wildman–Crippen MR) is 196 cm³/mol. The third-order valence-electron chi connectivity index (χ3n) is 11.1. The third-order valence-corrected chi connectivity index (χ3v) is 11.1. The van der Waals surface area contributed by atoms with Crippen LogP contribution in [0.25, 0.3) is 11.0 Å². The summed E-state index contributed by atoms with van der Waals surface area (Å²) < 4.78 is 36.2. The number of benzene rings is 1. The molecule has 12 heteroatoms. The van der Waals surface area contributed by atoms with Gasteiger partial charge in [0, 0.05) is 30.6 Å². The summed E-state index contributed by atoms with van der Waals surface area (Å²) in [5, 5.41) is 6.45. The van der Waals surface area contributed by atoms with E-state index in [0.717, 1.165) is 38.5 Å². The fourth-order valence-corrected chi connectivity index (χ4v) is 8.29. The number of carbonyl (C=O) groups excluding carboxylic acids is 4. The lowest BCUT2D eigenvalue weighted by atomic mass is 9.75. The fourth-order valence-electron chi connectivity index (χ4n) is 8.29. The minimum Gasteiger partial charge on any atom is -0.460 e. The molecule has 0 unspecified atom stereocenters. The molecule has 288 valence electrons. The highest BCUT2D eigenvalue weighted by Crippen LogP contribution is 2.42. The van der Waals surface area contributed by atoms with Crippen molar-refractivity contribution in [1.82, 2.24) is 10.2 Å². The Balaban J connectivity index is 1.27. The quantitative estimate of drug-likeness (QED) is 0.213. The van der Waals surface area contributed by atoms with Gasteiger partial charge in [0.05, 0.1) is 18.8 Å². The average Bonchev–Trinajstić information content (AvgIpc) is 3.75. The lowest BCUT2D eigenvalue weighted by Crippen LogP contribution is -2.50. The molecule has 2 aliphatic carbocycles. The molecule has 3 fully saturated rings. The van der Waals surface area contributed by atoms with E-state index in [9.17, 15) is 23.6 Å². The molecule has 5 rings (SSSR count). The number of carbonyl (C=O) groups is 4. The van der Waals surface area contributed by atoms with E-state index in [1.54, 1.807) is 57.0 Å². The Labute approximate surface area is 307 Å². The molecule has 0 radical (unpaired) electrons. The van der Waals surface area contributed by atoms with Crippen molar-refractivity contribution in [3.8, 4) is 0 Å². The second-order valence-corrected chi connectivity index (χ2v) is 16.4. The van der Waals surface area contributed by atoms with Gasteiger partial charge in [-0.3, -0.25) is 9.59 Å². The number of likely N-dealkylation sites (tertiary alicyclic amines) is 1. The summed E-state index contributed by atoms with van der Waals surface area (Å²) in [5.41, 5.74) is 0.368. The van der Waals surface area contributed by atoms with E-state index in [2.05, 4.69) is 24.5 Å². The number of rotatable bonds is 12. The van der Waals surface area contributed by atoms with Crippen molar-refractivity contribution in [1.29, 1.82) is 0 Å². The first-order valence-electron chi connectivity index (χ1n) is 19.2. The third kappa shape index (κ3) is 10.0. The van der Waals surface area contributed by atoms with E-state index in [4.69, 9.17) is 18.6 Å². The maximum atomic E-state index is 14.3. The Kier molecular flexibility index (Phi) is 13.3. The summed E-state index contributed by atoms with van der Waals surface area (Å²) in [6.45, 7) is 9.51. The van der Waals surface area contributed by atoms with Gasteiger partial charge in [0.15, 0.2) is 0 Å². The lowest BCUT2D eigenvalue weighted by Gasteiger charge is -2.38. The molecular weight excluding hydrogens is 669 g/mol. The van der Waals surface area contributed by atoms with Gasteiger partial charge in [-0.15, -0.1) is 0 Å². The van der Waals surface area contributed by atoms with Crippen LogP contribution < -0.4 is 10.6 Å². The van der Waals surface area contributed by atoms with Crippen LogP contribution in [0.1, 0.15) is 109 Å². The second-order valence-electron chi connectivity index (χ2n) is 16.4. The molecule has 2 heterocycles. The van der Waals surface area contributed by atoms with Crippen molar-refractivity contribution in [3.05, 3.63) is 30.0 Å². The number of alkyl halides is 1. The van der Waals surface area contributed by atoms with E-state index in [1.165, 1.54) is 0 Å². The number of methoxy groups -OCH3 is 1. The van der Waals surface area contributed by atoms with Gasteiger partial charge in [0.25, 0.3) is 0 Å². The Hall–Kier alpha value is -3.67. The normalized spacial score (nSPS) is 25.9. The Morgan fingerprint density at radius 3 is 2.33 bits per heavy atom. The molecule has 3 amide bonds. The SMILES string of the molecule is CO[C@H]1CC[C@H]([C@@H]2CCN(C(=O)[C@H]3CC[C@H]([C@@H](CF)NC(=O)OC(C)(C)C)CC3)[C@@H]2C(=O)Nc2ccc3oc(C(=O)OCCC(C)C)cc3c2)CC1. The zero-order valence-electron chi connectivity index (χ0n) is 31.7. The van der Waals surface area contributed by atoms with Crippen molar-refractivity contribution < 1.29 is 42.2 Å². The maximum absolute atomic E-state index is 14.3. The molecule has 1 aromatic heterocycles. The smallest absolute Gasteiger partial charge is 0.407 e. The van der Waals surface area contributed by atoms with E-state index in [0.29, 0.717) is 67.3 Å². The number of hydrogen-bond donors (Lipinski definition) is 2. The van der Waals surface area contributed by atoms with Gasteiger partial charge in [-0.25, -0.2) is 14.0 Å². The summed E-state index contributed by atoms with van der Waals surface area (Å²) in [7, 11) is 1.74. The van der Waals surface area contributed by atoms with E-state index in [-0.39, 0.29) is 41.4 Å². The van der Waals surface area contributed by atoms with Gasteiger partial charge in [0.2, 0.25) is 17.6 Å². The van der Waals surface area contributed by atoms with Crippen molar-refractivity contribution in [2.24, 2.45) is 29.6 Å². The fraction of sp³-hybridized carbons (Fsp3) is 0.700. The summed E-state index contributed by atoms with van der Waals surface area (Å²) >= 11 is 0. The number of furan rings is 1.